The van der Waals surface area contributed by atoms with E-state index in [1.54, 1.807) is 32.0 Å². The van der Waals surface area contributed by atoms with Crippen molar-refractivity contribution in [3.8, 4) is 0 Å². The van der Waals surface area contributed by atoms with Crippen molar-refractivity contribution < 1.29 is 15.0 Å². The number of carbonyl (C=O) groups is 1. The Balaban J connectivity index is 3.21. The summed E-state index contributed by atoms with van der Waals surface area (Å²) in [6.07, 6.45) is -2.16. The van der Waals surface area contributed by atoms with E-state index in [0.717, 1.165) is 0 Å². The van der Waals surface area contributed by atoms with Crippen molar-refractivity contribution in [2.24, 2.45) is 5.92 Å². The molecule has 6 heteroatoms. The molecule has 0 aliphatic heterocycles. The second-order valence-electron chi connectivity index (χ2n) is 4.30. The first-order valence-electron chi connectivity index (χ1n) is 5.46. The maximum Gasteiger partial charge on any atom is 0.405 e. The van der Waals surface area contributed by atoms with Gasteiger partial charge in [-0.1, -0.05) is 43.1 Å². The van der Waals surface area contributed by atoms with Crippen LogP contribution in [0, 0.1) is 5.92 Å². The van der Waals surface area contributed by atoms with Crippen LogP contribution < -0.4 is 5.32 Å². The largest absolute Gasteiger partial charge is 0.465 e. The zero-order valence-electron chi connectivity index (χ0n) is 10.0. The number of amides is 1. The van der Waals surface area contributed by atoms with Gasteiger partial charge in [0.1, 0.15) is 0 Å². The van der Waals surface area contributed by atoms with Crippen LogP contribution in [0.5, 0.6) is 0 Å². The van der Waals surface area contributed by atoms with Crippen LogP contribution in [0.15, 0.2) is 18.2 Å². The number of rotatable bonds is 4. The molecule has 0 bridgehead atoms. The highest BCUT2D eigenvalue weighted by atomic mass is 35.5. The molecule has 100 valence electrons. The summed E-state index contributed by atoms with van der Waals surface area (Å²) >= 11 is 12.1. The highest BCUT2D eigenvalue weighted by Crippen LogP contribution is 2.33. The van der Waals surface area contributed by atoms with Crippen molar-refractivity contribution >= 4 is 29.3 Å². The SMILES string of the molecule is CC(C)[C@@H](O)[C@H](NC(=O)O)c1c(Cl)cccc1Cl. The zero-order valence-corrected chi connectivity index (χ0v) is 11.5. The molecule has 2 atom stereocenters. The molecule has 0 unspecified atom stereocenters. The lowest BCUT2D eigenvalue weighted by Crippen LogP contribution is -2.38. The number of nitrogens with one attached hydrogen (secondary N) is 1. The maximum atomic E-state index is 10.8. The van der Waals surface area contributed by atoms with Crippen LogP contribution in [0.4, 0.5) is 4.79 Å². The van der Waals surface area contributed by atoms with Crippen molar-refractivity contribution in [2.75, 3.05) is 0 Å². The Morgan fingerprint density at radius 1 is 1.28 bits per heavy atom. The fourth-order valence-electron chi connectivity index (χ4n) is 1.65. The van der Waals surface area contributed by atoms with Crippen LogP contribution in [0.1, 0.15) is 25.5 Å². The summed E-state index contributed by atoms with van der Waals surface area (Å²) < 4.78 is 0. The van der Waals surface area contributed by atoms with Gasteiger partial charge in [-0.2, -0.15) is 0 Å². The molecule has 0 radical (unpaired) electrons. The molecule has 1 aromatic carbocycles. The average Bonchev–Trinajstić information content (AvgIpc) is 2.25. The van der Waals surface area contributed by atoms with Gasteiger partial charge < -0.3 is 15.5 Å². The van der Waals surface area contributed by atoms with Gasteiger partial charge in [0.15, 0.2) is 0 Å². The summed E-state index contributed by atoms with van der Waals surface area (Å²) in [7, 11) is 0. The van der Waals surface area contributed by atoms with E-state index in [1.807, 2.05) is 0 Å². The lowest BCUT2D eigenvalue weighted by atomic mass is 9.93. The summed E-state index contributed by atoms with van der Waals surface area (Å²) in [5, 5.41) is 21.8. The molecule has 0 aromatic heterocycles. The van der Waals surface area contributed by atoms with Crippen molar-refractivity contribution in [2.45, 2.75) is 26.0 Å². The standard InChI is InChI=1S/C12H15Cl2NO3/c1-6(2)11(16)10(15-12(17)18)9-7(13)4-3-5-8(9)14/h3-6,10-11,15-16H,1-2H3,(H,17,18)/t10-,11-/m1/s1. The van der Waals surface area contributed by atoms with Crippen molar-refractivity contribution in [3.63, 3.8) is 0 Å². The minimum atomic E-state index is -1.24. The third-order valence-corrected chi connectivity index (χ3v) is 3.27. The number of aliphatic hydroxyl groups is 1. The first kappa shape index (κ1) is 15.1. The van der Waals surface area contributed by atoms with Crippen LogP contribution in [0.25, 0.3) is 0 Å². The van der Waals surface area contributed by atoms with Crippen molar-refractivity contribution in [1.29, 1.82) is 0 Å². The second-order valence-corrected chi connectivity index (χ2v) is 5.11. The molecule has 0 heterocycles. The van der Waals surface area contributed by atoms with Crippen LogP contribution in [-0.4, -0.2) is 22.4 Å². The number of aliphatic hydroxyl groups excluding tert-OH is 1. The van der Waals surface area contributed by atoms with E-state index < -0.39 is 18.2 Å². The first-order valence-corrected chi connectivity index (χ1v) is 6.21. The Hall–Kier alpha value is -0.970. The summed E-state index contributed by atoms with van der Waals surface area (Å²) in [6, 6.07) is 4.01. The maximum absolute atomic E-state index is 10.8. The van der Waals surface area contributed by atoms with Gasteiger partial charge in [-0.15, -0.1) is 0 Å². The lowest BCUT2D eigenvalue weighted by Gasteiger charge is -2.27. The van der Waals surface area contributed by atoms with Crippen molar-refractivity contribution in [3.05, 3.63) is 33.8 Å². The fraction of sp³-hybridized carbons (Fsp3) is 0.417. The van der Waals surface area contributed by atoms with Gasteiger partial charge in [0.05, 0.1) is 12.1 Å². The smallest absolute Gasteiger partial charge is 0.405 e. The Labute approximate surface area is 116 Å². The monoisotopic (exact) mass is 291 g/mol. The van der Waals surface area contributed by atoms with Gasteiger partial charge >= 0.3 is 6.09 Å². The van der Waals surface area contributed by atoms with Gasteiger partial charge in [0.25, 0.3) is 0 Å². The summed E-state index contributed by atoms with van der Waals surface area (Å²) in [5.74, 6) is -0.144. The molecule has 3 N–H and O–H groups in total. The number of hydrogen-bond acceptors (Lipinski definition) is 2. The minimum absolute atomic E-state index is 0.144. The Morgan fingerprint density at radius 3 is 2.17 bits per heavy atom. The van der Waals surface area contributed by atoms with Gasteiger partial charge in [-0.25, -0.2) is 4.79 Å². The van der Waals surface area contributed by atoms with Crippen LogP contribution >= 0.6 is 23.2 Å². The molecule has 1 rings (SSSR count). The second kappa shape index (κ2) is 6.27. The molecule has 0 saturated carbocycles. The molecule has 1 amide bonds. The number of carboxylic acid groups (broad SMARTS) is 1. The summed E-state index contributed by atoms with van der Waals surface area (Å²) in [5.41, 5.74) is 0.393. The topological polar surface area (TPSA) is 69.6 Å². The molecular formula is C12H15Cl2NO3. The van der Waals surface area contributed by atoms with E-state index in [-0.39, 0.29) is 5.92 Å². The molecule has 0 aliphatic carbocycles. The molecular weight excluding hydrogens is 277 g/mol. The van der Waals surface area contributed by atoms with Crippen molar-refractivity contribution in [1.82, 2.24) is 5.32 Å². The van der Waals surface area contributed by atoms with Crippen LogP contribution in [-0.2, 0) is 0 Å². The highest BCUT2D eigenvalue weighted by molar-refractivity contribution is 6.36. The number of halogens is 2. The molecule has 0 saturated heterocycles. The summed E-state index contributed by atoms with van der Waals surface area (Å²) in [4.78, 5) is 10.8. The zero-order chi connectivity index (χ0) is 13.9. The molecule has 1 aromatic rings. The van der Waals surface area contributed by atoms with E-state index in [1.165, 1.54) is 0 Å². The quantitative estimate of drug-likeness (QED) is 0.797. The average molecular weight is 292 g/mol. The molecule has 0 aliphatic rings. The highest BCUT2D eigenvalue weighted by Gasteiger charge is 2.29. The minimum Gasteiger partial charge on any atom is -0.465 e. The Kier molecular flexibility index (Phi) is 5.26. The lowest BCUT2D eigenvalue weighted by molar-refractivity contribution is 0.0810. The Bertz CT molecular complexity index is 417. The normalized spacial score (nSPS) is 14.3. The van der Waals surface area contributed by atoms with Gasteiger partial charge in [-0.3, -0.25) is 0 Å². The molecule has 0 fully saturated rings. The molecule has 4 nitrogen and oxygen atoms in total. The number of hydrogen-bond donors (Lipinski definition) is 3. The predicted molar refractivity (Wildman–Crippen MR) is 71.2 cm³/mol. The van der Waals surface area contributed by atoms with Gasteiger partial charge in [0, 0.05) is 15.6 Å². The van der Waals surface area contributed by atoms with E-state index in [2.05, 4.69) is 5.32 Å². The van der Waals surface area contributed by atoms with E-state index in [4.69, 9.17) is 28.3 Å². The molecule has 18 heavy (non-hydrogen) atoms. The Morgan fingerprint density at radius 2 is 1.78 bits per heavy atom. The third-order valence-electron chi connectivity index (χ3n) is 2.61. The first-order chi connectivity index (χ1) is 8.34. The van der Waals surface area contributed by atoms with E-state index >= 15 is 0 Å². The third kappa shape index (κ3) is 3.51. The molecule has 0 spiro atoms. The van der Waals surface area contributed by atoms with Gasteiger partial charge in [-0.05, 0) is 18.1 Å². The summed E-state index contributed by atoms with van der Waals surface area (Å²) in [6.45, 7) is 3.57. The van der Waals surface area contributed by atoms with Gasteiger partial charge in [0.2, 0.25) is 0 Å². The van der Waals surface area contributed by atoms with E-state index in [0.29, 0.717) is 15.6 Å². The predicted octanol–water partition coefficient (Wildman–Crippen LogP) is 3.32. The number of benzene rings is 1. The van der Waals surface area contributed by atoms with E-state index in [9.17, 15) is 9.90 Å². The van der Waals surface area contributed by atoms with Crippen LogP contribution in [0.3, 0.4) is 0 Å². The van der Waals surface area contributed by atoms with Crippen LogP contribution in [0.2, 0.25) is 10.0 Å². The fourth-order valence-corrected chi connectivity index (χ4v) is 2.29.